The van der Waals surface area contributed by atoms with Crippen LogP contribution in [0.3, 0.4) is 0 Å². The van der Waals surface area contributed by atoms with Crippen LogP contribution in [0.15, 0.2) is 71.9 Å². The van der Waals surface area contributed by atoms with E-state index in [4.69, 9.17) is 4.74 Å². The van der Waals surface area contributed by atoms with Gasteiger partial charge in [0.1, 0.15) is 0 Å². The zero-order valence-corrected chi connectivity index (χ0v) is 15.6. The van der Waals surface area contributed by atoms with E-state index in [1.807, 2.05) is 30.3 Å². The number of fused-ring (bicyclic) bond motifs is 1. The van der Waals surface area contributed by atoms with Gasteiger partial charge in [0.2, 0.25) is 0 Å². The number of methoxy groups -OCH3 is 1. The molecule has 3 aromatic heterocycles. The molecule has 0 spiro atoms. The molecule has 0 saturated heterocycles. The van der Waals surface area contributed by atoms with Gasteiger partial charge in [-0.05, 0) is 17.7 Å². The van der Waals surface area contributed by atoms with Crippen LogP contribution >= 0.6 is 0 Å². The smallest absolute Gasteiger partial charge is 0.360 e. The first-order chi connectivity index (χ1) is 14.1. The van der Waals surface area contributed by atoms with Crippen LogP contribution in [0.25, 0.3) is 22.0 Å². The number of aromatic hydroxyl groups is 1. The normalized spacial score (nSPS) is 10.8. The third-order valence-electron chi connectivity index (χ3n) is 4.66. The molecule has 29 heavy (non-hydrogen) atoms. The number of ether oxygens (including phenoxy) is 1. The number of hydrogen-bond donors (Lipinski definition) is 1. The zero-order chi connectivity index (χ0) is 20.4. The molecule has 0 radical (unpaired) electrons. The van der Waals surface area contributed by atoms with Gasteiger partial charge < -0.3 is 14.4 Å². The summed E-state index contributed by atoms with van der Waals surface area (Å²) in [6, 6.07) is 14.5. The quantitative estimate of drug-likeness (QED) is 0.541. The summed E-state index contributed by atoms with van der Waals surface area (Å²) in [5.41, 5.74) is 1.84. The molecule has 7 heteroatoms. The number of esters is 1. The number of carbonyl (C=O) groups is 1. The minimum absolute atomic E-state index is 0.206. The van der Waals surface area contributed by atoms with Gasteiger partial charge in [-0.25, -0.2) is 9.78 Å². The van der Waals surface area contributed by atoms with Crippen molar-refractivity contribution >= 4 is 16.9 Å². The molecular weight excluding hydrogens is 370 g/mol. The third kappa shape index (κ3) is 3.34. The van der Waals surface area contributed by atoms with Crippen LogP contribution in [0.2, 0.25) is 0 Å². The Morgan fingerprint density at radius 2 is 1.93 bits per heavy atom. The molecule has 3 heterocycles. The number of carbonyl (C=O) groups excluding carboxylic acids is 1. The summed E-state index contributed by atoms with van der Waals surface area (Å²) in [6.07, 6.45) is 4.59. The molecule has 0 bridgehead atoms. The molecule has 0 fully saturated rings. The lowest BCUT2D eigenvalue weighted by atomic mass is 10.1. The molecule has 0 aliphatic carbocycles. The molecule has 0 atom stereocenters. The topological polar surface area (TPSA) is 94.3 Å². The van der Waals surface area contributed by atoms with Crippen LogP contribution in [0.1, 0.15) is 16.1 Å². The van der Waals surface area contributed by atoms with E-state index in [0.717, 1.165) is 5.56 Å². The van der Waals surface area contributed by atoms with Crippen LogP contribution in [0.5, 0.6) is 5.75 Å². The highest BCUT2D eigenvalue weighted by Crippen LogP contribution is 2.30. The predicted octanol–water partition coefficient (Wildman–Crippen LogP) is 3.00. The molecule has 1 aromatic carbocycles. The van der Waals surface area contributed by atoms with Gasteiger partial charge >= 0.3 is 5.97 Å². The summed E-state index contributed by atoms with van der Waals surface area (Å²) in [4.78, 5) is 33.4. The van der Waals surface area contributed by atoms with E-state index in [1.165, 1.54) is 17.9 Å². The Bertz CT molecular complexity index is 1250. The highest BCUT2D eigenvalue weighted by molar-refractivity contribution is 5.99. The molecule has 7 nitrogen and oxygen atoms in total. The van der Waals surface area contributed by atoms with Crippen LogP contribution in [-0.4, -0.2) is 32.7 Å². The Morgan fingerprint density at radius 1 is 1.14 bits per heavy atom. The van der Waals surface area contributed by atoms with Gasteiger partial charge in [-0.2, -0.15) is 0 Å². The Hall–Kier alpha value is -4.00. The number of hydrogen-bond acceptors (Lipinski definition) is 6. The fourth-order valence-electron chi connectivity index (χ4n) is 3.22. The fraction of sp³-hybridized carbons (Fsp3) is 0.0909. The molecule has 0 aliphatic heterocycles. The maximum Gasteiger partial charge on any atom is 0.360 e. The first kappa shape index (κ1) is 18.4. The van der Waals surface area contributed by atoms with Gasteiger partial charge in [-0.15, -0.1) is 0 Å². The molecular formula is C22H17N3O4. The first-order valence-corrected chi connectivity index (χ1v) is 8.88. The maximum absolute atomic E-state index is 13.3. The maximum atomic E-state index is 13.3. The van der Waals surface area contributed by atoms with E-state index in [9.17, 15) is 14.7 Å². The minimum atomic E-state index is -0.756. The number of aromatic nitrogens is 3. The molecule has 0 aliphatic rings. The van der Waals surface area contributed by atoms with Crippen molar-refractivity contribution in [2.75, 3.05) is 7.11 Å². The van der Waals surface area contributed by atoms with E-state index in [2.05, 4.69) is 9.97 Å². The van der Waals surface area contributed by atoms with E-state index < -0.39 is 5.97 Å². The van der Waals surface area contributed by atoms with Crippen molar-refractivity contribution in [3.63, 3.8) is 0 Å². The van der Waals surface area contributed by atoms with Crippen molar-refractivity contribution in [1.82, 2.24) is 14.5 Å². The van der Waals surface area contributed by atoms with Crippen molar-refractivity contribution in [3.8, 4) is 16.9 Å². The van der Waals surface area contributed by atoms with Gasteiger partial charge in [0, 0.05) is 28.9 Å². The van der Waals surface area contributed by atoms with Crippen molar-refractivity contribution in [1.29, 1.82) is 0 Å². The number of pyridine rings is 3. The lowest BCUT2D eigenvalue weighted by molar-refractivity contribution is 0.0591. The standard InChI is InChI=1S/C22H17N3O4/c1-29-22(28)19-20(26)17-10-16(15-8-5-9-23-11-15)21(27)25(18(17)12-24-19)13-14-6-3-2-4-7-14/h2-12,26H,13H2,1H3. The van der Waals surface area contributed by atoms with Gasteiger partial charge in [0.05, 0.1) is 25.4 Å². The van der Waals surface area contributed by atoms with Crippen molar-refractivity contribution < 1.29 is 14.6 Å². The predicted molar refractivity (Wildman–Crippen MR) is 108 cm³/mol. The summed E-state index contributed by atoms with van der Waals surface area (Å²) in [6.45, 7) is 0.281. The fourth-order valence-corrected chi connectivity index (χ4v) is 3.22. The third-order valence-corrected chi connectivity index (χ3v) is 4.66. The van der Waals surface area contributed by atoms with Gasteiger partial charge in [-0.1, -0.05) is 36.4 Å². The zero-order valence-electron chi connectivity index (χ0n) is 15.6. The van der Waals surface area contributed by atoms with E-state index in [1.54, 1.807) is 30.6 Å². The number of rotatable bonds is 4. The second kappa shape index (κ2) is 7.55. The molecule has 0 saturated carbocycles. The Morgan fingerprint density at radius 3 is 2.62 bits per heavy atom. The van der Waals surface area contributed by atoms with E-state index >= 15 is 0 Å². The second-order valence-corrected chi connectivity index (χ2v) is 6.42. The molecule has 1 N–H and O–H groups in total. The summed E-state index contributed by atoms with van der Waals surface area (Å²) in [5, 5.41) is 11.0. The highest BCUT2D eigenvalue weighted by atomic mass is 16.5. The SMILES string of the molecule is COC(=O)c1ncc2c(cc(-c3cccnc3)c(=O)n2Cc2ccccc2)c1O. The summed E-state index contributed by atoms with van der Waals surface area (Å²) >= 11 is 0. The molecule has 4 aromatic rings. The molecule has 0 amide bonds. The lowest BCUT2D eigenvalue weighted by Gasteiger charge is -2.15. The van der Waals surface area contributed by atoms with E-state index in [0.29, 0.717) is 22.0 Å². The minimum Gasteiger partial charge on any atom is -0.505 e. The van der Waals surface area contributed by atoms with Crippen LogP contribution in [-0.2, 0) is 11.3 Å². The Kier molecular flexibility index (Phi) is 4.78. The van der Waals surface area contributed by atoms with Crippen LogP contribution in [0.4, 0.5) is 0 Å². The molecule has 4 rings (SSSR count). The second-order valence-electron chi connectivity index (χ2n) is 6.42. The highest BCUT2D eigenvalue weighted by Gasteiger charge is 2.20. The first-order valence-electron chi connectivity index (χ1n) is 8.88. The lowest BCUT2D eigenvalue weighted by Crippen LogP contribution is -2.23. The Labute approximate surface area is 165 Å². The van der Waals surface area contributed by atoms with Crippen molar-refractivity contribution in [2.24, 2.45) is 0 Å². The van der Waals surface area contributed by atoms with Gasteiger partial charge in [0.15, 0.2) is 11.4 Å². The summed E-state index contributed by atoms with van der Waals surface area (Å²) in [5.74, 6) is -1.09. The van der Waals surface area contributed by atoms with Crippen molar-refractivity contribution in [3.05, 3.63) is 88.7 Å². The summed E-state index contributed by atoms with van der Waals surface area (Å²) < 4.78 is 6.22. The van der Waals surface area contributed by atoms with Gasteiger partial charge in [0.25, 0.3) is 5.56 Å². The molecule has 144 valence electrons. The Balaban J connectivity index is 2.03. The van der Waals surface area contributed by atoms with Crippen molar-refractivity contribution in [2.45, 2.75) is 6.54 Å². The van der Waals surface area contributed by atoms with Crippen LogP contribution < -0.4 is 5.56 Å². The number of nitrogens with zero attached hydrogens (tertiary/aromatic N) is 3. The molecule has 0 unspecified atom stereocenters. The number of benzene rings is 1. The average molecular weight is 387 g/mol. The monoisotopic (exact) mass is 387 g/mol. The van der Waals surface area contributed by atoms with Crippen LogP contribution in [0, 0.1) is 0 Å². The average Bonchev–Trinajstić information content (AvgIpc) is 2.76. The largest absolute Gasteiger partial charge is 0.505 e. The van der Waals surface area contributed by atoms with Gasteiger partial charge in [-0.3, -0.25) is 9.78 Å². The van der Waals surface area contributed by atoms with E-state index in [-0.39, 0.29) is 23.5 Å². The summed E-state index contributed by atoms with van der Waals surface area (Å²) in [7, 11) is 1.21.